The van der Waals surface area contributed by atoms with Gasteiger partial charge in [-0.25, -0.2) is 14.2 Å². The van der Waals surface area contributed by atoms with Crippen molar-refractivity contribution in [3.63, 3.8) is 0 Å². The molecule has 1 amide bonds. The number of nitrogens with two attached hydrogens (primary N) is 1. The molecule has 0 saturated carbocycles. The van der Waals surface area contributed by atoms with Crippen molar-refractivity contribution < 1.29 is 19.1 Å². The summed E-state index contributed by atoms with van der Waals surface area (Å²) in [5.74, 6) is -0.880. The van der Waals surface area contributed by atoms with Crippen molar-refractivity contribution in [1.29, 1.82) is 0 Å². The Morgan fingerprint density at radius 3 is 2.64 bits per heavy atom. The zero-order valence-corrected chi connectivity index (χ0v) is 15.8. The lowest BCUT2D eigenvalue weighted by Crippen LogP contribution is -2.15. The van der Waals surface area contributed by atoms with Gasteiger partial charge in [-0.05, 0) is 55.5 Å². The van der Waals surface area contributed by atoms with E-state index in [1.54, 1.807) is 19.1 Å². The fourth-order valence-electron chi connectivity index (χ4n) is 2.82. The first-order chi connectivity index (χ1) is 13.4. The van der Waals surface area contributed by atoms with Gasteiger partial charge < -0.3 is 21.5 Å². The molecule has 0 spiro atoms. The second-order valence-electron chi connectivity index (χ2n) is 6.51. The third-order valence-corrected chi connectivity index (χ3v) is 4.18. The molecule has 0 fully saturated rings. The molecule has 2 aromatic rings. The molecular formula is C20H25FN4O3. The predicted octanol–water partition coefficient (Wildman–Crippen LogP) is 2.95. The maximum absolute atomic E-state index is 13.3. The van der Waals surface area contributed by atoms with Crippen LogP contribution < -0.4 is 16.4 Å². The number of carbonyl (C=O) groups is 2. The Hall–Kier alpha value is -3.16. The van der Waals surface area contributed by atoms with Crippen LogP contribution in [0.1, 0.15) is 40.7 Å². The SMILES string of the molecule is Cc1cc(NCCCCC(N)=O)nc(NCCc2cccc(F)c2)c1C(=O)O. The van der Waals surface area contributed by atoms with E-state index in [-0.39, 0.29) is 23.1 Å². The zero-order chi connectivity index (χ0) is 20.5. The van der Waals surface area contributed by atoms with Gasteiger partial charge in [0, 0.05) is 19.5 Å². The van der Waals surface area contributed by atoms with E-state index in [0.717, 1.165) is 12.0 Å². The minimum Gasteiger partial charge on any atom is -0.478 e. The Morgan fingerprint density at radius 1 is 1.18 bits per heavy atom. The van der Waals surface area contributed by atoms with Gasteiger partial charge in [-0.1, -0.05) is 12.1 Å². The number of nitrogens with one attached hydrogen (secondary N) is 2. The number of unbranched alkanes of at least 4 members (excludes halogenated alkanes) is 1. The number of pyridine rings is 1. The number of amides is 1. The van der Waals surface area contributed by atoms with E-state index >= 15 is 0 Å². The van der Waals surface area contributed by atoms with Gasteiger partial charge in [-0.2, -0.15) is 0 Å². The van der Waals surface area contributed by atoms with Crippen LogP contribution in [0, 0.1) is 12.7 Å². The molecular weight excluding hydrogens is 363 g/mol. The molecule has 7 nitrogen and oxygen atoms in total. The molecule has 150 valence electrons. The molecule has 0 atom stereocenters. The van der Waals surface area contributed by atoms with Crippen LogP contribution in [0.25, 0.3) is 0 Å². The number of halogens is 1. The average Bonchev–Trinajstić information content (AvgIpc) is 2.60. The normalized spacial score (nSPS) is 10.5. The van der Waals surface area contributed by atoms with E-state index in [2.05, 4.69) is 15.6 Å². The van der Waals surface area contributed by atoms with Crippen LogP contribution in [0.2, 0.25) is 0 Å². The van der Waals surface area contributed by atoms with Crippen LogP contribution in [0.15, 0.2) is 30.3 Å². The van der Waals surface area contributed by atoms with Gasteiger partial charge in [0.05, 0.1) is 0 Å². The molecule has 0 bridgehead atoms. The summed E-state index contributed by atoms with van der Waals surface area (Å²) in [6.07, 6.45) is 2.28. The summed E-state index contributed by atoms with van der Waals surface area (Å²) >= 11 is 0. The summed E-state index contributed by atoms with van der Waals surface area (Å²) in [6, 6.07) is 7.95. The van der Waals surface area contributed by atoms with Gasteiger partial charge in [0.1, 0.15) is 23.0 Å². The Bertz CT molecular complexity index is 842. The van der Waals surface area contributed by atoms with Gasteiger partial charge in [0.2, 0.25) is 5.91 Å². The smallest absolute Gasteiger partial charge is 0.339 e. The van der Waals surface area contributed by atoms with Gasteiger partial charge in [-0.3, -0.25) is 4.79 Å². The molecule has 28 heavy (non-hydrogen) atoms. The van der Waals surface area contributed by atoms with Crippen LogP contribution in [-0.2, 0) is 11.2 Å². The number of hydrogen-bond donors (Lipinski definition) is 4. The standard InChI is InChI=1S/C20H25FN4O3/c1-13-11-17(23-9-3-2-7-16(22)26)25-19(18(13)20(27)28)24-10-8-14-5-4-6-15(21)12-14/h4-6,11-12H,2-3,7-10H2,1H3,(H2,22,26)(H,27,28)(H2,23,24,25). The third kappa shape index (κ3) is 6.53. The van der Waals surface area contributed by atoms with E-state index in [9.17, 15) is 19.1 Å². The number of hydrogen-bond acceptors (Lipinski definition) is 5. The molecule has 0 aliphatic carbocycles. The van der Waals surface area contributed by atoms with Crippen LogP contribution in [0.4, 0.5) is 16.0 Å². The van der Waals surface area contributed by atoms with Crippen molar-refractivity contribution in [1.82, 2.24) is 4.98 Å². The number of primary amides is 1. The lowest BCUT2D eigenvalue weighted by atomic mass is 10.1. The van der Waals surface area contributed by atoms with Crippen molar-refractivity contribution in [3.8, 4) is 0 Å². The first-order valence-electron chi connectivity index (χ1n) is 9.12. The number of aryl methyl sites for hydroxylation is 1. The summed E-state index contributed by atoms with van der Waals surface area (Å²) in [5, 5.41) is 15.7. The highest BCUT2D eigenvalue weighted by atomic mass is 19.1. The monoisotopic (exact) mass is 388 g/mol. The van der Waals surface area contributed by atoms with Gasteiger partial charge in [-0.15, -0.1) is 0 Å². The minimum atomic E-state index is -1.06. The van der Waals surface area contributed by atoms with E-state index in [0.29, 0.717) is 43.7 Å². The van der Waals surface area contributed by atoms with E-state index in [4.69, 9.17) is 5.73 Å². The number of carbonyl (C=O) groups excluding carboxylic acids is 1. The Kier molecular flexibility index (Phi) is 7.74. The first kappa shape index (κ1) is 21.1. The minimum absolute atomic E-state index is 0.110. The number of nitrogens with zero attached hydrogens (tertiary/aromatic N) is 1. The fraction of sp³-hybridized carbons (Fsp3) is 0.350. The zero-order valence-electron chi connectivity index (χ0n) is 15.8. The molecule has 0 aliphatic rings. The largest absolute Gasteiger partial charge is 0.478 e. The maximum Gasteiger partial charge on any atom is 0.339 e. The Morgan fingerprint density at radius 2 is 1.96 bits per heavy atom. The van der Waals surface area contributed by atoms with Crippen LogP contribution in [0.5, 0.6) is 0 Å². The van der Waals surface area contributed by atoms with Crippen LogP contribution in [0.3, 0.4) is 0 Å². The average molecular weight is 388 g/mol. The van der Waals surface area contributed by atoms with E-state index in [1.807, 2.05) is 6.07 Å². The molecule has 5 N–H and O–H groups in total. The van der Waals surface area contributed by atoms with Crippen molar-refractivity contribution >= 4 is 23.5 Å². The summed E-state index contributed by atoms with van der Waals surface area (Å²) in [4.78, 5) is 26.7. The molecule has 2 rings (SSSR count). The molecule has 8 heteroatoms. The molecule has 0 saturated heterocycles. The number of rotatable bonds is 11. The number of aromatic carboxylic acids is 1. The summed E-state index contributed by atoms with van der Waals surface area (Å²) in [5.41, 5.74) is 6.61. The summed E-state index contributed by atoms with van der Waals surface area (Å²) in [7, 11) is 0. The lowest BCUT2D eigenvalue weighted by Gasteiger charge is -2.14. The highest BCUT2D eigenvalue weighted by Gasteiger charge is 2.16. The molecule has 1 aromatic carbocycles. The highest BCUT2D eigenvalue weighted by molar-refractivity contribution is 5.95. The lowest BCUT2D eigenvalue weighted by molar-refractivity contribution is -0.118. The van der Waals surface area contributed by atoms with Crippen molar-refractivity contribution in [2.75, 3.05) is 23.7 Å². The molecule has 1 heterocycles. The number of anilines is 2. The molecule has 0 radical (unpaired) electrons. The van der Waals surface area contributed by atoms with E-state index < -0.39 is 5.97 Å². The van der Waals surface area contributed by atoms with Crippen LogP contribution >= 0.6 is 0 Å². The summed E-state index contributed by atoms with van der Waals surface area (Å²) in [6.45, 7) is 2.72. The van der Waals surface area contributed by atoms with Gasteiger partial charge >= 0.3 is 5.97 Å². The highest BCUT2D eigenvalue weighted by Crippen LogP contribution is 2.22. The number of carboxylic acid groups (broad SMARTS) is 1. The maximum atomic E-state index is 13.3. The van der Waals surface area contributed by atoms with Crippen molar-refractivity contribution in [2.45, 2.75) is 32.6 Å². The summed E-state index contributed by atoms with van der Waals surface area (Å²) < 4.78 is 13.3. The first-order valence-corrected chi connectivity index (χ1v) is 9.12. The second-order valence-corrected chi connectivity index (χ2v) is 6.51. The van der Waals surface area contributed by atoms with Gasteiger partial charge in [0.25, 0.3) is 0 Å². The number of benzene rings is 1. The number of aromatic nitrogens is 1. The second kappa shape index (κ2) is 10.2. The van der Waals surface area contributed by atoms with Crippen molar-refractivity contribution in [3.05, 3.63) is 52.8 Å². The Labute approximate surface area is 163 Å². The number of carboxylic acids is 1. The topological polar surface area (TPSA) is 117 Å². The van der Waals surface area contributed by atoms with Crippen LogP contribution in [-0.4, -0.2) is 35.1 Å². The quantitative estimate of drug-likeness (QED) is 0.440. The fourth-order valence-corrected chi connectivity index (χ4v) is 2.82. The molecule has 0 aliphatic heterocycles. The molecule has 0 unspecified atom stereocenters. The van der Waals surface area contributed by atoms with Crippen molar-refractivity contribution in [2.24, 2.45) is 5.73 Å². The predicted molar refractivity (Wildman–Crippen MR) is 106 cm³/mol. The Balaban J connectivity index is 2.02. The van der Waals surface area contributed by atoms with E-state index in [1.165, 1.54) is 12.1 Å². The molecule has 1 aromatic heterocycles. The third-order valence-electron chi connectivity index (χ3n) is 4.18. The van der Waals surface area contributed by atoms with Gasteiger partial charge in [0.15, 0.2) is 0 Å².